The molecule has 3 fully saturated rings. The van der Waals surface area contributed by atoms with E-state index in [-0.39, 0.29) is 29.9 Å². The summed E-state index contributed by atoms with van der Waals surface area (Å²) >= 11 is 0. The Labute approximate surface area is 198 Å². The zero-order chi connectivity index (χ0) is 23.4. The monoisotopic (exact) mass is 474 g/mol. The van der Waals surface area contributed by atoms with Crippen molar-refractivity contribution in [2.24, 2.45) is 5.41 Å². The van der Waals surface area contributed by atoms with E-state index >= 15 is 0 Å². The quantitative estimate of drug-likeness (QED) is 0.588. The second kappa shape index (κ2) is 8.05. The molecule has 2 saturated carbocycles. The molecule has 2 aliphatic heterocycles. The van der Waals surface area contributed by atoms with Crippen LogP contribution in [-0.2, 0) is 10.2 Å². The predicted octanol–water partition coefficient (Wildman–Crippen LogP) is 5.65. The first-order valence-electron chi connectivity index (χ1n) is 12.8. The lowest BCUT2D eigenvalue weighted by atomic mass is 9.68. The van der Waals surface area contributed by atoms with Gasteiger partial charge in [-0.1, -0.05) is 18.9 Å². The summed E-state index contributed by atoms with van der Waals surface area (Å²) in [7, 11) is 0. The molecule has 8 heteroatoms. The average Bonchev–Trinajstić information content (AvgIpc) is 3.13. The highest BCUT2D eigenvalue weighted by Gasteiger charge is 2.69. The maximum absolute atomic E-state index is 13.9. The number of halogens is 3. The summed E-state index contributed by atoms with van der Waals surface area (Å²) in [6.07, 6.45) is 7.63. The number of nitrogens with zero attached hydrogens (tertiary/aromatic N) is 3. The molecular formula is C26H33F3N4O. The van der Waals surface area contributed by atoms with Crippen LogP contribution in [0.15, 0.2) is 36.7 Å². The summed E-state index contributed by atoms with van der Waals surface area (Å²) in [6.45, 7) is 1.47. The van der Waals surface area contributed by atoms with Crippen molar-refractivity contribution >= 4 is 0 Å². The van der Waals surface area contributed by atoms with E-state index in [1.165, 1.54) is 12.8 Å². The van der Waals surface area contributed by atoms with Gasteiger partial charge in [-0.15, -0.1) is 0 Å². The second-order valence-electron chi connectivity index (χ2n) is 11.0. The number of hydrogen-bond donors (Lipinski definition) is 1. The van der Waals surface area contributed by atoms with Crippen LogP contribution in [-0.4, -0.2) is 39.7 Å². The van der Waals surface area contributed by atoms with Crippen LogP contribution in [0.3, 0.4) is 0 Å². The van der Waals surface area contributed by atoms with Crippen LogP contribution in [0, 0.1) is 5.41 Å². The Morgan fingerprint density at radius 2 is 1.88 bits per heavy atom. The van der Waals surface area contributed by atoms with Gasteiger partial charge in [-0.25, -0.2) is 0 Å². The van der Waals surface area contributed by atoms with Gasteiger partial charge in [-0.2, -0.15) is 18.3 Å². The number of ether oxygens (including phenoxy) is 1. The zero-order valence-corrected chi connectivity index (χ0v) is 19.5. The summed E-state index contributed by atoms with van der Waals surface area (Å²) in [5.74, 6) is 0. The summed E-state index contributed by atoms with van der Waals surface area (Å²) < 4.78 is 49.6. The first-order chi connectivity index (χ1) is 16.4. The number of pyridine rings is 1. The van der Waals surface area contributed by atoms with Crippen LogP contribution in [0.1, 0.15) is 87.7 Å². The highest BCUT2D eigenvalue weighted by Crippen LogP contribution is 2.67. The van der Waals surface area contributed by atoms with Crippen LogP contribution in [0.4, 0.5) is 13.2 Å². The molecule has 1 N–H and O–H groups in total. The minimum atomic E-state index is -4.18. The van der Waals surface area contributed by atoms with Gasteiger partial charge in [0.05, 0.1) is 28.8 Å². The van der Waals surface area contributed by atoms with E-state index in [0.717, 1.165) is 56.6 Å². The van der Waals surface area contributed by atoms with Crippen molar-refractivity contribution < 1.29 is 17.9 Å². The van der Waals surface area contributed by atoms with Crippen molar-refractivity contribution in [2.45, 2.75) is 93.5 Å². The Kier molecular flexibility index (Phi) is 5.33. The molecule has 6 rings (SSSR count). The van der Waals surface area contributed by atoms with Crippen LogP contribution < -0.4 is 5.32 Å². The van der Waals surface area contributed by atoms with Gasteiger partial charge in [0.1, 0.15) is 0 Å². The van der Waals surface area contributed by atoms with Gasteiger partial charge in [0.25, 0.3) is 0 Å². The highest BCUT2D eigenvalue weighted by atomic mass is 19.4. The van der Waals surface area contributed by atoms with Gasteiger partial charge in [-0.05, 0) is 76.1 Å². The molecule has 2 aromatic heterocycles. The van der Waals surface area contributed by atoms with Crippen molar-refractivity contribution in [1.29, 1.82) is 0 Å². The maximum Gasteiger partial charge on any atom is 0.396 e. The highest BCUT2D eigenvalue weighted by molar-refractivity contribution is 5.22. The third-order valence-electron chi connectivity index (χ3n) is 9.17. The standard InChI is InChI=1S/C26H33F3N4O/c27-26(28,29)25(9-10-25)22-17-19(20-6-14-32-33(20)22)30-15-11-23(21-5-1-4-13-31-21)12-16-34-24(18-23)7-2-3-8-24/h1,4-6,13-14,19,22,30H,2-3,7-12,15-18H2. The molecule has 0 radical (unpaired) electrons. The Morgan fingerprint density at radius 3 is 2.59 bits per heavy atom. The molecule has 4 aliphatic rings. The van der Waals surface area contributed by atoms with E-state index in [9.17, 15) is 13.2 Å². The van der Waals surface area contributed by atoms with E-state index < -0.39 is 17.6 Å². The van der Waals surface area contributed by atoms with E-state index in [2.05, 4.69) is 22.5 Å². The van der Waals surface area contributed by atoms with E-state index in [4.69, 9.17) is 9.72 Å². The molecule has 1 saturated heterocycles. The summed E-state index contributed by atoms with van der Waals surface area (Å²) in [4.78, 5) is 4.76. The lowest BCUT2D eigenvalue weighted by Gasteiger charge is -2.46. The van der Waals surface area contributed by atoms with E-state index in [1.807, 2.05) is 18.3 Å². The molecule has 4 heterocycles. The average molecular weight is 475 g/mol. The fourth-order valence-corrected chi connectivity index (χ4v) is 7.17. The number of alkyl halides is 3. The number of fused-ring (bicyclic) bond motifs is 1. The SMILES string of the molecule is FC(F)(F)C1(C2CC(NCCC3(c4ccccn4)CCOC4(CCCC4)C3)c3ccnn32)CC1. The van der Waals surface area contributed by atoms with E-state index in [0.29, 0.717) is 6.42 Å². The minimum absolute atomic E-state index is 0.0437. The molecule has 184 valence electrons. The van der Waals surface area contributed by atoms with Crippen LogP contribution >= 0.6 is 0 Å². The van der Waals surface area contributed by atoms with Gasteiger partial charge in [0.2, 0.25) is 0 Å². The normalized spacial score (nSPS) is 31.6. The van der Waals surface area contributed by atoms with Crippen molar-refractivity contribution in [3.63, 3.8) is 0 Å². The Hall–Kier alpha value is -1.93. The Balaban J connectivity index is 1.19. The molecule has 2 aromatic rings. The fraction of sp³-hybridized carbons (Fsp3) is 0.692. The summed E-state index contributed by atoms with van der Waals surface area (Å²) in [5.41, 5.74) is 0.285. The van der Waals surface area contributed by atoms with Gasteiger partial charge < -0.3 is 10.1 Å². The summed E-state index contributed by atoms with van der Waals surface area (Å²) in [5, 5.41) is 7.93. The van der Waals surface area contributed by atoms with Crippen LogP contribution in [0.2, 0.25) is 0 Å². The van der Waals surface area contributed by atoms with Crippen LogP contribution in [0.25, 0.3) is 0 Å². The van der Waals surface area contributed by atoms with Crippen molar-refractivity contribution in [2.75, 3.05) is 13.2 Å². The van der Waals surface area contributed by atoms with Gasteiger partial charge in [-0.3, -0.25) is 9.67 Å². The Morgan fingerprint density at radius 1 is 1.06 bits per heavy atom. The number of nitrogens with one attached hydrogen (secondary N) is 1. The molecule has 5 nitrogen and oxygen atoms in total. The molecule has 1 spiro atoms. The minimum Gasteiger partial charge on any atom is -0.375 e. The zero-order valence-electron chi connectivity index (χ0n) is 19.5. The smallest absolute Gasteiger partial charge is 0.375 e. The molecule has 3 unspecified atom stereocenters. The maximum atomic E-state index is 13.9. The number of hydrogen-bond acceptors (Lipinski definition) is 4. The second-order valence-corrected chi connectivity index (χ2v) is 11.0. The first kappa shape index (κ1) is 22.5. The molecular weight excluding hydrogens is 441 g/mol. The van der Waals surface area contributed by atoms with Gasteiger partial charge in [0.15, 0.2) is 0 Å². The Bertz CT molecular complexity index is 1010. The lowest BCUT2D eigenvalue weighted by Crippen LogP contribution is -2.47. The molecule has 34 heavy (non-hydrogen) atoms. The van der Waals surface area contributed by atoms with Gasteiger partial charge >= 0.3 is 6.18 Å². The third-order valence-corrected chi connectivity index (χ3v) is 9.17. The largest absolute Gasteiger partial charge is 0.396 e. The predicted molar refractivity (Wildman–Crippen MR) is 121 cm³/mol. The third kappa shape index (κ3) is 3.60. The number of rotatable bonds is 6. The molecule has 3 atom stereocenters. The van der Waals surface area contributed by atoms with Crippen LogP contribution in [0.5, 0.6) is 0 Å². The fourth-order valence-electron chi connectivity index (χ4n) is 7.17. The topological polar surface area (TPSA) is 52.0 Å². The number of aromatic nitrogens is 3. The van der Waals surface area contributed by atoms with E-state index in [1.54, 1.807) is 10.9 Å². The molecule has 0 amide bonds. The molecule has 0 aromatic carbocycles. The molecule has 0 bridgehead atoms. The van der Waals surface area contributed by atoms with Crippen molar-refractivity contribution in [3.8, 4) is 0 Å². The van der Waals surface area contributed by atoms with Crippen molar-refractivity contribution in [1.82, 2.24) is 20.1 Å². The van der Waals surface area contributed by atoms with Crippen molar-refractivity contribution in [3.05, 3.63) is 48.0 Å². The summed E-state index contributed by atoms with van der Waals surface area (Å²) in [6, 6.07) is 7.31. The molecule has 2 aliphatic carbocycles. The first-order valence-corrected chi connectivity index (χ1v) is 12.8. The van der Waals surface area contributed by atoms with Gasteiger partial charge in [0, 0.05) is 30.1 Å². The lowest BCUT2D eigenvalue weighted by molar-refractivity contribution is -0.200.